The molecule has 2 amide bonds. The summed E-state index contributed by atoms with van der Waals surface area (Å²) in [4.78, 5) is 27.9. The highest BCUT2D eigenvalue weighted by atomic mass is 32.2. The van der Waals surface area contributed by atoms with E-state index in [1.807, 2.05) is 0 Å². The molecule has 8 heteroatoms. The number of likely N-dealkylation sites (tertiary alicyclic amines) is 1. The summed E-state index contributed by atoms with van der Waals surface area (Å²) in [7, 11) is -3.64. The number of nitrogens with one attached hydrogen (secondary N) is 1. The van der Waals surface area contributed by atoms with Gasteiger partial charge in [0.05, 0.1) is 22.1 Å². The standard InChI is InChI=1S/C23H27N3O4S/c27-22(24-21-13-5-4-12-20(21)23(28)25-14-6-7-15-25)18-9-8-16-26(17-18)31(29,30)19-10-2-1-3-11-19/h1-5,10-13,18H,6-9,14-17H2,(H,24,27)/t18-/m0/s1. The Kier molecular flexibility index (Phi) is 6.38. The van der Waals surface area contributed by atoms with Gasteiger partial charge in [-0.05, 0) is 49.9 Å². The van der Waals surface area contributed by atoms with Gasteiger partial charge in [-0.1, -0.05) is 30.3 Å². The van der Waals surface area contributed by atoms with Gasteiger partial charge in [0.1, 0.15) is 0 Å². The van der Waals surface area contributed by atoms with Crippen LogP contribution in [0.5, 0.6) is 0 Å². The first-order chi connectivity index (χ1) is 15.0. The average Bonchev–Trinajstić information content (AvgIpc) is 3.35. The van der Waals surface area contributed by atoms with Crippen molar-refractivity contribution in [3.63, 3.8) is 0 Å². The highest BCUT2D eigenvalue weighted by Gasteiger charge is 2.33. The minimum Gasteiger partial charge on any atom is -0.339 e. The first-order valence-corrected chi connectivity index (χ1v) is 12.2. The number of sulfonamides is 1. The van der Waals surface area contributed by atoms with Crippen molar-refractivity contribution in [3.8, 4) is 0 Å². The van der Waals surface area contributed by atoms with Gasteiger partial charge in [0.15, 0.2) is 0 Å². The predicted octanol–water partition coefficient (Wildman–Crippen LogP) is 2.96. The van der Waals surface area contributed by atoms with Crippen molar-refractivity contribution in [2.75, 3.05) is 31.5 Å². The molecule has 31 heavy (non-hydrogen) atoms. The van der Waals surface area contributed by atoms with E-state index < -0.39 is 15.9 Å². The second kappa shape index (κ2) is 9.20. The van der Waals surface area contributed by atoms with Crippen LogP contribution in [0.4, 0.5) is 5.69 Å². The van der Waals surface area contributed by atoms with Gasteiger partial charge < -0.3 is 10.2 Å². The molecule has 0 aromatic heterocycles. The molecule has 2 heterocycles. The van der Waals surface area contributed by atoms with E-state index in [4.69, 9.17) is 0 Å². The Hall–Kier alpha value is -2.71. The zero-order valence-electron chi connectivity index (χ0n) is 17.4. The minimum absolute atomic E-state index is 0.0784. The molecule has 1 N–H and O–H groups in total. The summed E-state index contributed by atoms with van der Waals surface area (Å²) in [5, 5.41) is 2.89. The topological polar surface area (TPSA) is 86.8 Å². The third-order valence-corrected chi connectivity index (χ3v) is 7.82. The molecular formula is C23H27N3O4S. The zero-order chi connectivity index (χ0) is 21.8. The van der Waals surface area contributed by atoms with Gasteiger partial charge in [-0.15, -0.1) is 0 Å². The number of nitrogens with zero attached hydrogens (tertiary/aromatic N) is 2. The van der Waals surface area contributed by atoms with Crippen LogP contribution >= 0.6 is 0 Å². The molecule has 2 aliphatic rings. The summed E-state index contributed by atoms with van der Waals surface area (Å²) in [6, 6.07) is 15.3. The number of rotatable bonds is 5. The smallest absolute Gasteiger partial charge is 0.255 e. The molecule has 2 aliphatic heterocycles. The molecule has 0 radical (unpaired) electrons. The number of benzene rings is 2. The number of amides is 2. The lowest BCUT2D eigenvalue weighted by atomic mass is 9.98. The summed E-state index contributed by atoms with van der Waals surface area (Å²) < 4.78 is 27.3. The van der Waals surface area contributed by atoms with Crippen molar-refractivity contribution < 1.29 is 18.0 Å². The minimum atomic E-state index is -3.64. The maximum absolute atomic E-state index is 13.0. The van der Waals surface area contributed by atoms with E-state index in [1.54, 1.807) is 59.5 Å². The van der Waals surface area contributed by atoms with Crippen LogP contribution in [0.25, 0.3) is 0 Å². The largest absolute Gasteiger partial charge is 0.339 e. The van der Waals surface area contributed by atoms with Crippen LogP contribution in [-0.2, 0) is 14.8 Å². The summed E-state index contributed by atoms with van der Waals surface area (Å²) in [6.45, 7) is 1.99. The van der Waals surface area contributed by atoms with Crippen molar-refractivity contribution in [2.24, 2.45) is 5.92 Å². The number of para-hydroxylation sites is 1. The fraction of sp³-hybridized carbons (Fsp3) is 0.391. The molecule has 2 aromatic carbocycles. The van der Waals surface area contributed by atoms with Gasteiger partial charge in [-0.3, -0.25) is 9.59 Å². The monoisotopic (exact) mass is 441 g/mol. The molecule has 4 rings (SSSR count). The number of anilines is 1. The first-order valence-electron chi connectivity index (χ1n) is 10.7. The molecule has 0 bridgehead atoms. The van der Waals surface area contributed by atoms with E-state index in [1.165, 1.54) is 4.31 Å². The third kappa shape index (κ3) is 4.65. The summed E-state index contributed by atoms with van der Waals surface area (Å²) in [5.74, 6) is -0.804. The molecule has 2 saturated heterocycles. The van der Waals surface area contributed by atoms with Crippen LogP contribution in [0.1, 0.15) is 36.0 Å². The lowest BCUT2D eigenvalue weighted by Gasteiger charge is -2.31. The fourth-order valence-corrected chi connectivity index (χ4v) is 5.77. The van der Waals surface area contributed by atoms with Crippen LogP contribution in [0.15, 0.2) is 59.5 Å². The van der Waals surface area contributed by atoms with Gasteiger partial charge in [0.2, 0.25) is 15.9 Å². The Morgan fingerprint density at radius 2 is 1.55 bits per heavy atom. The molecule has 2 fully saturated rings. The third-order valence-electron chi connectivity index (χ3n) is 5.94. The summed E-state index contributed by atoms with van der Waals surface area (Å²) >= 11 is 0. The average molecular weight is 442 g/mol. The molecule has 0 aliphatic carbocycles. The number of carbonyl (C=O) groups is 2. The molecule has 0 unspecified atom stereocenters. The van der Waals surface area contributed by atoms with E-state index >= 15 is 0 Å². The number of hydrogen-bond acceptors (Lipinski definition) is 4. The Balaban J connectivity index is 1.48. The van der Waals surface area contributed by atoms with Crippen molar-refractivity contribution >= 4 is 27.5 Å². The Morgan fingerprint density at radius 3 is 2.29 bits per heavy atom. The SMILES string of the molecule is O=C(Nc1ccccc1C(=O)N1CCCC1)[C@H]1CCCN(S(=O)(=O)c2ccccc2)C1. The lowest BCUT2D eigenvalue weighted by molar-refractivity contribution is -0.120. The maximum atomic E-state index is 13.0. The molecule has 164 valence electrons. The van der Waals surface area contributed by atoms with Gasteiger partial charge in [-0.2, -0.15) is 4.31 Å². The van der Waals surface area contributed by atoms with E-state index in [-0.39, 0.29) is 23.3 Å². The van der Waals surface area contributed by atoms with Gasteiger partial charge in [0.25, 0.3) is 5.91 Å². The molecule has 0 saturated carbocycles. The zero-order valence-corrected chi connectivity index (χ0v) is 18.2. The Morgan fingerprint density at radius 1 is 0.871 bits per heavy atom. The van der Waals surface area contributed by atoms with Crippen LogP contribution in [0, 0.1) is 5.92 Å². The summed E-state index contributed by atoms with van der Waals surface area (Å²) in [5.41, 5.74) is 0.953. The predicted molar refractivity (Wildman–Crippen MR) is 118 cm³/mol. The number of piperidine rings is 1. The van der Waals surface area contributed by atoms with Crippen LogP contribution < -0.4 is 5.32 Å². The molecule has 2 aromatic rings. The van der Waals surface area contributed by atoms with Crippen LogP contribution in [0.3, 0.4) is 0 Å². The van der Waals surface area contributed by atoms with E-state index in [2.05, 4.69) is 5.32 Å². The van der Waals surface area contributed by atoms with Crippen LogP contribution in [0.2, 0.25) is 0 Å². The normalized spacial score (nSPS) is 19.9. The van der Waals surface area contributed by atoms with E-state index in [9.17, 15) is 18.0 Å². The molecule has 7 nitrogen and oxygen atoms in total. The highest BCUT2D eigenvalue weighted by molar-refractivity contribution is 7.89. The van der Waals surface area contributed by atoms with Crippen LogP contribution in [-0.4, -0.2) is 55.6 Å². The van der Waals surface area contributed by atoms with Crippen molar-refractivity contribution in [3.05, 3.63) is 60.2 Å². The van der Waals surface area contributed by atoms with Crippen molar-refractivity contribution in [2.45, 2.75) is 30.6 Å². The maximum Gasteiger partial charge on any atom is 0.255 e. The molecular weight excluding hydrogens is 414 g/mol. The fourth-order valence-electron chi connectivity index (χ4n) is 4.22. The summed E-state index contributed by atoms with van der Waals surface area (Å²) in [6.07, 6.45) is 3.20. The Bertz CT molecular complexity index is 1050. The second-order valence-corrected chi connectivity index (χ2v) is 9.99. The Labute approximate surface area is 183 Å². The number of hydrogen-bond donors (Lipinski definition) is 1. The van der Waals surface area contributed by atoms with Gasteiger partial charge >= 0.3 is 0 Å². The quantitative estimate of drug-likeness (QED) is 0.773. The highest BCUT2D eigenvalue weighted by Crippen LogP contribution is 2.26. The van der Waals surface area contributed by atoms with E-state index in [0.717, 1.165) is 25.9 Å². The van der Waals surface area contributed by atoms with Crippen molar-refractivity contribution in [1.29, 1.82) is 0 Å². The molecule has 1 atom stereocenters. The van der Waals surface area contributed by atoms with Gasteiger partial charge in [-0.25, -0.2) is 8.42 Å². The number of carbonyl (C=O) groups excluding carboxylic acids is 2. The van der Waals surface area contributed by atoms with Gasteiger partial charge in [0, 0.05) is 26.2 Å². The second-order valence-electron chi connectivity index (χ2n) is 8.05. The lowest BCUT2D eigenvalue weighted by Crippen LogP contribution is -2.43. The first kappa shape index (κ1) is 21.5. The van der Waals surface area contributed by atoms with Crippen molar-refractivity contribution in [1.82, 2.24) is 9.21 Å². The molecule has 0 spiro atoms. The van der Waals surface area contributed by atoms with E-state index in [0.29, 0.717) is 30.6 Å².